The minimum Gasteiger partial charge on any atom is -0.456 e. The molecule has 47 heavy (non-hydrogen) atoms. The third-order valence-corrected chi connectivity index (χ3v) is 9.12. The highest BCUT2D eigenvalue weighted by molar-refractivity contribution is 6.26. The Morgan fingerprint density at radius 3 is 1.70 bits per heavy atom. The van der Waals surface area contributed by atoms with Gasteiger partial charge in [-0.1, -0.05) is 139 Å². The summed E-state index contributed by atoms with van der Waals surface area (Å²) in [5.41, 5.74) is 4.86. The second-order valence-electron chi connectivity index (χ2n) is 11.7. The summed E-state index contributed by atoms with van der Waals surface area (Å²) in [4.78, 5) is 0. The van der Waals surface area contributed by atoms with Crippen molar-refractivity contribution >= 4 is 65.0 Å². The van der Waals surface area contributed by atoms with Crippen LogP contribution in [0.25, 0.3) is 98.4 Å². The minimum atomic E-state index is -0.531. The lowest BCUT2D eigenvalue weighted by atomic mass is 9.84. The molecular weight excluding hydrogens is 569 g/mol. The van der Waals surface area contributed by atoms with E-state index in [1.807, 2.05) is 66.7 Å². The fraction of sp³-hybridized carbons (Fsp3) is 0. The highest BCUT2D eigenvalue weighted by Gasteiger charge is 2.20. The van der Waals surface area contributed by atoms with Gasteiger partial charge in [-0.05, 0) is 107 Å². The number of hydrogen-bond donors (Lipinski definition) is 0. The molecule has 10 rings (SSSR count). The van der Waals surface area contributed by atoms with Gasteiger partial charge in [0, 0.05) is 10.8 Å². The summed E-state index contributed by atoms with van der Waals surface area (Å²) in [6, 6.07) is 35.2. The molecule has 0 N–H and O–H groups in total. The van der Waals surface area contributed by atoms with Crippen molar-refractivity contribution in [1.29, 1.82) is 0 Å². The molecule has 0 radical (unpaired) electrons. The number of rotatable bonds is 3. The molecule has 0 bridgehead atoms. The number of hydrogen-bond acceptors (Lipinski definition) is 1. The lowest BCUT2D eigenvalue weighted by Crippen LogP contribution is -1.91. The van der Waals surface area contributed by atoms with Crippen molar-refractivity contribution in [3.63, 3.8) is 0 Å². The molecule has 1 heterocycles. The van der Waals surface area contributed by atoms with Gasteiger partial charge in [0.15, 0.2) is 0 Å². The standard InChI is InChI=1S/C46H28O/c1-2-11-29(12-3-1)32-21-22-34-26-35(24-23-33(34)25-32)44-36-15-6-8-17-38(36)45(39-18-9-7-16-37(39)44)40-19-10-20-42-46(40)41-27-30-13-4-5-14-31(30)28-43(41)47-42/h1-28H/i4D,5D,10D,13D,14D,19D,20D,27D,28D. The first-order valence-electron chi connectivity index (χ1n) is 19.9. The first-order valence-corrected chi connectivity index (χ1v) is 15.4. The predicted octanol–water partition coefficient (Wildman–Crippen LogP) is 13.2. The smallest absolute Gasteiger partial charge is 0.136 e. The van der Waals surface area contributed by atoms with Crippen LogP contribution in [0.2, 0.25) is 0 Å². The quantitative estimate of drug-likeness (QED) is 0.183. The molecule has 1 heteroatoms. The van der Waals surface area contributed by atoms with E-state index in [9.17, 15) is 2.74 Å². The number of benzene rings is 9. The largest absolute Gasteiger partial charge is 0.456 e. The van der Waals surface area contributed by atoms with Gasteiger partial charge in [0.25, 0.3) is 0 Å². The summed E-state index contributed by atoms with van der Waals surface area (Å²) < 4.78 is 86.1. The molecule has 1 nitrogen and oxygen atoms in total. The highest BCUT2D eigenvalue weighted by atomic mass is 16.3. The van der Waals surface area contributed by atoms with Gasteiger partial charge in [0.1, 0.15) is 11.2 Å². The van der Waals surface area contributed by atoms with Crippen LogP contribution in [-0.2, 0) is 0 Å². The Bertz CT molecular complexity index is 3300. The van der Waals surface area contributed by atoms with Crippen LogP contribution in [0.15, 0.2) is 174 Å². The molecule has 0 spiro atoms. The van der Waals surface area contributed by atoms with E-state index in [-0.39, 0.29) is 68.5 Å². The maximum atomic E-state index is 9.45. The minimum absolute atomic E-state index is 0.0566. The second kappa shape index (κ2) is 10.2. The topological polar surface area (TPSA) is 13.1 Å². The SMILES string of the molecule is [2H]c1c([2H])c(-c2c3ccccc3c(-c3ccc4cc(-c5ccccc5)ccc4c3)c3ccccc23)c2c(oc3c([2H])c4c([2H])c([2H])c([2H])c([2H])c4c([2H])c32)c1[2H]. The van der Waals surface area contributed by atoms with Crippen molar-refractivity contribution in [3.8, 4) is 33.4 Å². The Morgan fingerprint density at radius 1 is 0.404 bits per heavy atom. The molecule has 9 aromatic carbocycles. The van der Waals surface area contributed by atoms with Crippen LogP contribution in [0, 0.1) is 0 Å². The zero-order chi connectivity index (χ0) is 38.7. The van der Waals surface area contributed by atoms with Crippen LogP contribution in [0.3, 0.4) is 0 Å². The molecule has 218 valence electrons. The van der Waals surface area contributed by atoms with Crippen molar-refractivity contribution < 1.29 is 16.8 Å². The molecule has 1 aromatic heterocycles. The maximum Gasteiger partial charge on any atom is 0.136 e. The summed E-state index contributed by atoms with van der Waals surface area (Å²) in [5, 5.41) is 5.41. The van der Waals surface area contributed by atoms with Gasteiger partial charge >= 0.3 is 0 Å². The molecule has 0 saturated heterocycles. The summed E-state index contributed by atoms with van der Waals surface area (Å²) >= 11 is 0. The molecule has 10 aromatic rings. The summed E-state index contributed by atoms with van der Waals surface area (Å²) in [5.74, 6) is 0. The lowest BCUT2D eigenvalue weighted by Gasteiger charge is -2.18. The third kappa shape index (κ3) is 4.03. The summed E-state index contributed by atoms with van der Waals surface area (Å²) in [7, 11) is 0. The molecule has 0 amide bonds. The molecule has 0 aliphatic rings. The highest BCUT2D eigenvalue weighted by Crippen LogP contribution is 2.47. The molecular formula is C46H28O. The van der Waals surface area contributed by atoms with Crippen LogP contribution >= 0.6 is 0 Å². The Balaban J connectivity index is 1.32. The van der Waals surface area contributed by atoms with E-state index in [0.717, 1.165) is 54.6 Å². The van der Waals surface area contributed by atoms with Crippen LogP contribution in [0.1, 0.15) is 12.3 Å². The van der Waals surface area contributed by atoms with Gasteiger partial charge in [-0.25, -0.2) is 0 Å². The van der Waals surface area contributed by atoms with Crippen LogP contribution in [-0.4, -0.2) is 0 Å². The Morgan fingerprint density at radius 2 is 1.00 bits per heavy atom. The van der Waals surface area contributed by atoms with Crippen molar-refractivity contribution in [2.24, 2.45) is 0 Å². The maximum absolute atomic E-state index is 9.45. The Kier molecular flexibility index (Phi) is 4.05. The van der Waals surface area contributed by atoms with Crippen LogP contribution in [0.4, 0.5) is 0 Å². The van der Waals surface area contributed by atoms with Crippen molar-refractivity contribution in [2.45, 2.75) is 0 Å². The van der Waals surface area contributed by atoms with E-state index in [4.69, 9.17) is 14.0 Å². The van der Waals surface area contributed by atoms with Crippen molar-refractivity contribution in [3.05, 3.63) is 170 Å². The number of furan rings is 1. The molecule has 0 aliphatic carbocycles. The second-order valence-corrected chi connectivity index (χ2v) is 11.7. The molecule has 0 unspecified atom stereocenters. The van der Waals surface area contributed by atoms with Crippen LogP contribution < -0.4 is 0 Å². The van der Waals surface area contributed by atoms with Crippen molar-refractivity contribution in [1.82, 2.24) is 0 Å². The third-order valence-electron chi connectivity index (χ3n) is 9.12. The van der Waals surface area contributed by atoms with Gasteiger partial charge in [0.2, 0.25) is 0 Å². The van der Waals surface area contributed by atoms with Crippen molar-refractivity contribution in [2.75, 3.05) is 0 Å². The molecule has 0 aliphatic heterocycles. The molecule has 0 atom stereocenters. The molecule has 0 fully saturated rings. The zero-order valence-corrected chi connectivity index (χ0v) is 24.9. The van der Waals surface area contributed by atoms with E-state index in [0.29, 0.717) is 5.56 Å². The fourth-order valence-corrected chi connectivity index (χ4v) is 7.02. The van der Waals surface area contributed by atoms with E-state index in [1.165, 1.54) is 0 Å². The monoisotopic (exact) mass is 605 g/mol. The van der Waals surface area contributed by atoms with Gasteiger partial charge in [-0.3, -0.25) is 0 Å². The number of fused-ring (bicyclic) bond motifs is 7. The first-order chi connectivity index (χ1) is 27.1. The fourth-order valence-electron chi connectivity index (χ4n) is 7.02. The van der Waals surface area contributed by atoms with E-state index >= 15 is 0 Å². The Labute approximate surface area is 284 Å². The summed E-state index contributed by atoms with van der Waals surface area (Å²) in [6.45, 7) is 0. The predicted molar refractivity (Wildman–Crippen MR) is 200 cm³/mol. The summed E-state index contributed by atoms with van der Waals surface area (Å²) in [6.07, 6.45) is 0. The van der Waals surface area contributed by atoms with Gasteiger partial charge in [0.05, 0.1) is 12.3 Å². The van der Waals surface area contributed by atoms with E-state index in [1.54, 1.807) is 0 Å². The first kappa shape index (κ1) is 18.7. The molecule has 0 saturated carbocycles. The lowest BCUT2D eigenvalue weighted by molar-refractivity contribution is 0.669. The van der Waals surface area contributed by atoms with E-state index in [2.05, 4.69) is 48.5 Å². The normalized spacial score (nSPS) is 14.5. The Hall–Kier alpha value is -6.18. The average molecular weight is 606 g/mol. The van der Waals surface area contributed by atoms with Gasteiger partial charge in [-0.15, -0.1) is 0 Å². The van der Waals surface area contributed by atoms with Gasteiger partial charge in [-0.2, -0.15) is 0 Å². The van der Waals surface area contributed by atoms with Gasteiger partial charge < -0.3 is 4.42 Å². The van der Waals surface area contributed by atoms with E-state index < -0.39 is 24.2 Å². The van der Waals surface area contributed by atoms with Crippen LogP contribution in [0.5, 0.6) is 0 Å². The average Bonchev–Trinajstić information content (AvgIpc) is 3.63. The zero-order valence-electron chi connectivity index (χ0n) is 33.9.